The summed E-state index contributed by atoms with van der Waals surface area (Å²) in [5.41, 5.74) is 1.67. The minimum Gasteiger partial charge on any atom is -0.459 e. The van der Waals surface area contributed by atoms with E-state index in [1.807, 2.05) is 0 Å². The van der Waals surface area contributed by atoms with Gasteiger partial charge in [-0.25, -0.2) is 9.18 Å². The van der Waals surface area contributed by atoms with E-state index in [1.54, 1.807) is 58.3 Å². The van der Waals surface area contributed by atoms with Crippen LogP contribution in [0.5, 0.6) is 0 Å². The predicted molar refractivity (Wildman–Crippen MR) is 112 cm³/mol. The molecule has 6 nitrogen and oxygen atoms in total. The Labute approximate surface area is 177 Å². The first-order valence-corrected chi connectivity index (χ1v) is 9.85. The van der Waals surface area contributed by atoms with Crippen LogP contribution < -0.4 is 10.2 Å². The SMILES string of the molecule is O=C(Nc1ccc(N2CCCN(Cc3cccc(Cl)c3F)C2=O)cc1)c1ccco1. The van der Waals surface area contributed by atoms with E-state index >= 15 is 0 Å². The van der Waals surface area contributed by atoms with E-state index in [0.29, 0.717) is 30.0 Å². The molecule has 3 aromatic rings. The lowest BCUT2D eigenvalue weighted by molar-refractivity contribution is 0.0996. The van der Waals surface area contributed by atoms with Crippen molar-refractivity contribution in [2.24, 2.45) is 0 Å². The topological polar surface area (TPSA) is 65.8 Å². The van der Waals surface area contributed by atoms with Crippen molar-refractivity contribution in [3.63, 3.8) is 0 Å². The van der Waals surface area contributed by atoms with Gasteiger partial charge < -0.3 is 14.6 Å². The zero-order valence-corrected chi connectivity index (χ0v) is 16.7. The van der Waals surface area contributed by atoms with Crippen molar-refractivity contribution >= 4 is 34.9 Å². The highest BCUT2D eigenvalue weighted by atomic mass is 35.5. The van der Waals surface area contributed by atoms with Gasteiger partial charge in [0.2, 0.25) is 0 Å². The maximum absolute atomic E-state index is 14.2. The maximum Gasteiger partial charge on any atom is 0.324 e. The first kappa shape index (κ1) is 20.0. The molecule has 1 N–H and O–H groups in total. The first-order valence-electron chi connectivity index (χ1n) is 9.47. The van der Waals surface area contributed by atoms with Crippen molar-refractivity contribution in [3.05, 3.63) is 83.0 Å². The number of hydrogen-bond donors (Lipinski definition) is 1. The number of benzene rings is 2. The number of furan rings is 1. The van der Waals surface area contributed by atoms with Gasteiger partial charge in [0.05, 0.1) is 17.8 Å². The standard InChI is InChI=1S/C22H19ClFN3O3/c23-18-5-1-4-15(20(18)24)14-26-11-3-12-27(22(26)29)17-9-7-16(8-10-17)25-21(28)19-6-2-13-30-19/h1-2,4-10,13H,3,11-12,14H2,(H,25,28). The summed E-state index contributed by atoms with van der Waals surface area (Å²) in [7, 11) is 0. The molecule has 1 aromatic heterocycles. The van der Waals surface area contributed by atoms with Crippen LogP contribution >= 0.6 is 11.6 Å². The van der Waals surface area contributed by atoms with Crippen LogP contribution in [0.25, 0.3) is 0 Å². The summed E-state index contributed by atoms with van der Waals surface area (Å²) in [6.07, 6.45) is 2.19. The highest BCUT2D eigenvalue weighted by Gasteiger charge is 2.27. The van der Waals surface area contributed by atoms with Crippen LogP contribution in [0.1, 0.15) is 22.5 Å². The lowest BCUT2D eigenvalue weighted by Gasteiger charge is -2.35. The van der Waals surface area contributed by atoms with Crippen LogP contribution in [0.15, 0.2) is 65.3 Å². The van der Waals surface area contributed by atoms with E-state index in [-0.39, 0.29) is 29.3 Å². The number of nitrogens with zero attached hydrogens (tertiary/aromatic N) is 2. The molecule has 154 valence electrons. The van der Waals surface area contributed by atoms with Gasteiger partial charge in [-0.15, -0.1) is 0 Å². The van der Waals surface area contributed by atoms with Gasteiger partial charge in [-0.1, -0.05) is 23.7 Å². The Morgan fingerprint density at radius 2 is 1.90 bits per heavy atom. The summed E-state index contributed by atoms with van der Waals surface area (Å²) in [4.78, 5) is 28.3. The minimum absolute atomic E-state index is 0.0426. The van der Waals surface area contributed by atoms with E-state index in [0.717, 1.165) is 6.42 Å². The second-order valence-electron chi connectivity index (χ2n) is 6.90. The third-order valence-electron chi connectivity index (χ3n) is 4.89. The summed E-state index contributed by atoms with van der Waals surface area (Å²) in [5.74, 6) is -0.633. The fourth-order valence-corrected chi connectivity index (χ4v) is 3.56. The Balaban J connectivity index is 1.45. The molecule has 0 radical (unpaired) electrons. The highest BCUT2D eigenvalue weighted by Crippen LogP contribution is 2.25. The molecule has 0 saturated carbocycles. The summed E-state index contributed by atoms with van der Waals surface area (Å²) >= 11 is 5.85. The molecule has 1 saturated heterocycles. The van der Waals surface area contributed by atoms with E-state index in [1.165, 1.54) is 12.3 Å². The number of carbonyl (C=O) groups excluding carboxylic acids is 2. The molecule has 0 bridgehead atoms. The monoisotopic (exact) mass is 427 g/mol. The molecule has 8 heteroatoms. The Hall–Kier alpha value is -3.32. The van der Waals surface area contributed by atoms with Crippen molar-refractivity contribution in [1.82, 2.24) is 4.90 Å². The van der Waals surface area contributed by atoms with E-state index < -0.39 is 5.82 Å². The molecule has 2 aromatic carbocycles. The fourth-order valence-electron chi connectivity index (χ4n) is 3.37. The normalized spacial score (nSPS) is 14.1. The number of amides is 3. The second-order valence-corrected chi connectivity index (χ2v) is 7.31. The zero-order chi connectivity index (χ0) is 21.1. The maximum atomic E-state index is 14.2. The second kappa shape index (κ2) is 8.59. The number of halogens is 2. The summed E-state index contributed by atoms with van der Waals surface area (Å²) in [6.45, 7) is 1.25. The highest BCUT2D eigenvalue weighted by molar-refractivity contribution is 6.30. The van der Waals surface area contributed by atoms with Crippen LogP contribution in [-0.4, -0.2) is 29.9 Å². The Morgan fingerprint density at radius 1 is 1.10 bits per heavy atom. The Bertz CT molecular complexity index is 1050. The van der Waals surface area contributed by atoms with Gasteiger partial charge in [-0.3, -0.25) is 9.69 Å². The molecular weight excluding hydrogens is 409 g/mol. The molecule has 2 heterocycles. The summed E-state index contributed by atoms with van der Waals surface area (Å²) in [5, 5.41) is 2.78. The van der Waals surface area contributed by atoms with Crippen LogP contribution in [0.2, 0.25) is 5.02 Å². The van der Waals surface area contributed by atoms with Crippen molar-refractivity contribution in [1.29, 1.82) is 0 Å². The Morgan fingerprint density at radius 3 is 2.63 bits per heavy atom. The number of rotatable bonds is 5. The molecule has 4 rings (SSSR count). The average molecular weight is 428 g/mol. The number of anilines is 2. The van der Waals surface area contributed by atoms with Crippen molar-refractivity contribution in [2.45, 2.75) is 13.0 Å². The van der Waals surface area contributed by atoms with E-state index in [2.05, 4.69) is 5.32 Å². The number of hydrogen-bond acceptors (Lipinski definition) is 3. The van der Waals surface area contributed by atoms with Gasteiger partial charge in [0.25, 0.3) is 5.91 Å². The Kier molecular flexibility index (Phi) is 5.72. The number of carbonyl (C=O) groups is 2. The van der Waals surface area contributed by atoms with Crippen LogP contribution in [0, 0.1) is 5.82 Å². The molecule has 0 unspecified atom stereocenters. The fraction of sp³-hybridized carbons (Fsp3) is 0.182. The molecule has 3 amide bonds. The van der Waals surface area contributed by atoms with Gasteiger partial charge in [0.1, 0.15) is 5.82 Å². The summed E-state index contributed by atoms with van der Waals surface area (Å²) < 4.78 is 19.3. The quantitative estimate of drug-likeness (QED) is 0.611. The smallest absolute Gasteiger partial charge is 0.324 e. The molecule has 0 aliphatic carbocycles. The van der Waals surface area contributed by atoms with Gasteiger partial charge in [0.15, 0.2) is 5.76 Å². The number of urea groups is 1. The molecule has 1 fully saturated rings. The minimum atomic E-state index is -0.499. The third-order valence-corrected chi connectivity index (χ3v) is 5.18. The van der Waals surface area contributed by atoms with Crippen molar-refractivity contribution < 1.29 is 18.4 Å². The average Bonchev–Trinajstić information content (AvgIpc) is 3.29. The lowest BCUT2D eigenvalue weighted by atomic mass is 10.1. The van der Waals surface area contributed by atoms with Crippen LogP contribution in [0.4, 0.5) is 20.6 Å². The first-order chi connectivity index (χ1) is 14.5. The van der Waals surface area contributed by atoms with E-state index in [9.17, 15) is 14.0 Å². The van der Waals surface area contributed by atoms with Gasteiger partial charge in [-0.2, -0.15) is 0 Å². The molecule has 1 aliphatic heterocycles. The van der Waals surface area contributed by atoms with Crippen LogP contribution in [-0.2, 0) is 6.54 Å². The zero-order valence-electron chi connectivity index (χ0n) is 16.0. The van der Waals surface area contributed by atoms with Crippen LogP contribution in [0.3, 0.4) is 0 Å². The van der Waals surface area contributed by atoms with Crippen molar-refractivity contribution in [3.8, 4) is 0 Å². The molecule has 1 aliphatic rings. The predicted octanol–water partition coefficient (Wildman–Crippen LogP) is 5.16. The third kappa shape index (κ3) is 4.16. The number of nitrogens with one attached hydrogen (secondary N) is 1. The largest absolute Gasteiger partial charge is 0.459 e. The van der Waals surface area contributed by atoms with Gasteiger partial charge in [0, 0.05) is 30.0 Å². The molecular formula is C22H19ClFN3O3. The summed E-state index contributed by atoms with van der Waals surface area (Å²) in [6, 6.07) is 14.8. The molecule has 30 heavy (non-hydrogen) atoms. The van der Waals surface area contributed by atoms with Gasteiger partial charge >= 0.3 is 6.03 Å². The molecule has 0 atom stereocenters. The van der Waals surface area contributed by atoms with Crippen molar-refractivity contribution in [2.75, 3.05) is 23.3 Å². The molecule has 0 spiro atoms. The lowest BCUT2D eigenvalue weighted by Crippen LogP contribution is -2.49. The van der Waals surface area contributed by atoms with Gasteiger partial charge in [-0.05, 0) is 48.9 Å². The van der Waals surface area contributed by atoms with E-state index in [4.69, 9.17) is 16.0 Å².